The molecule has 0 aromatic heterocycles. The van der Waals surface area contributed by atoms with Gasteiger partial charge in [-0.2, -0.15) is 0 Å². The lowest BCUT2D eigenvalue weighted by atomic mass is 9.84. The summed E-state index contributed by atoms with van der Waals surface area (Å²) < 4.78 is 57.3. The van der Waals surface area contributed by atoms with E-state index in [0.717, 1.165) is 32.3 Å². The van der Waals surface area contributed by atoms with Gasteiger partial charge >= 0.3 is 0 Å². The predicted octanol–water partition coefficient (Wildman–Crippen LogP) is 10.3. The highest BCUT2D eigenvalue weighted by molar-refractivity contribution is 6.11. The molecule has 0 saturated heterocycles. The fourth-order valence-electron chi connectivity index (χ4n) is 6.29. The van der Waals surface area contributed by atoms with Crippen molar-refractivity contribution in [3.8, 4) is 0 Å². The zero-order valence-electron chi connectivity index (χ0n) is 20.2. The Bertz CT molecular complexity index is 2140. The van der Waals surface area contributed by atoms with Gasteiger partial charge in [-0.1, -0.05) is 30.3 Å². The molecule has 0 amide bonds. The zero-order chi connectivity index (χ0) is 25.8. The van der Waals surface area contributed by atoms with Crippen LogP contribution in [-0.2, 0) is 12.3 Å². The average Bonchev–Trinajstić information content (AvgIpc) is 2.85. The number of rotatable bonds is 0. The molecule has 0 fully saturated rings. The van der Waals surface area contributed by atoms with Crippen molar-refractivity contribution >= 4 is 64.6 Å². The molecule has 0 radical (unpaired) electrons. The summed E-state index contributed by atoms with van der Waals surface area (Å²) in [6.45, 7) is 0. The van der Waals surface area contributed by atoms with Crippen LogP contribution in [0.1, 0.15) is 17.5 Å². The summed E-state index contributed by atoms with van der Waals surface area (Å²) in [5.74, 6) is -6.95. The van der Waals surface area contributed by atoms with E-state index in [9.17, 15) is 17.6 Å². The predicted molar refractivity (Wildman–Crippen MR) is 149 cm³/mol. The molecule has 0 saturated carbocycles. The van der Waals surface area contributed by atoms with Gasteiger partial charge in [0.05, 0.1) is 6.42 Å². The van der Waals surface area contributed by atoms with Crippen LogP contribution in [0.2, 0.25) is 0 Å². The van der Waals surface area contributed by atoms with Crippen molar-refractivity contribution in [1.29, 1.82) is 0 Å². The lowest BCUT2D eigenvalue weighted by Crippen LogP contribution is -2.35. The molecule has 1 aliphatic carbocycles. The summed E-state index contributed by atoms with van der Waals surface area (Å²) in [4.78, 5) is 0. The third-order valence-corrected chi connectivity index (χ3v) is 8.07. The molecule has 8 rings (SSSR count). The van der Waals surface area contributed by atoms with Gasteiger partial charge in [0.1, 0.15) is 0 Å². The third kappa shape index (κ3) is 3.29. The maximum absolute atomic E-state index is 14.6. The Labute approximate surface area is 215 Å². The molecule has 0 bridgehead atoms. The molecular formula is C34H20F4. The standard InChI is InChI=1S/C34H20F4/c35-33(36)17-31-15-29-13-27-11-25-9-23-7-21-5-19-3-1-2-4-20(19)6-22(21)8-24(23)10-26(25)12-28(27)14-30(29)16-32(31)34(37,38)18-33/h1-16H,17-18H2. The summed E-state index contributed by atoms with van der Waals surface area (Å²) >= 11 is 0. The van der Waals surface area contributed by atoms with E-state index in [-0.39, 0.29) is 11.1 Å². The molecule has 0 nitrogen and oxygen atoms in total. The van der Waals surface area contributed by atoms with Gasteiger partial charge in [0.15, 0.2) is 0 Å². The fourth-order valence-corrected chi connectivity index (χ4v) is 6.29. The van der Waals surface area contributed by atoms with Crippen LogP contribution < -0.4 is 0 Å². The quantitative estimate of drug-likeness (QED) is 0.142. The van der Waals surface area contributed by atoms with E-state index in [0.29, 0.717) is 10.8 Å². The van der Waals surface area contributed by atoms with Crippen LogP contribution in [0.3, 0.4) is 0 Å². The van der Waals surface area contributed by atoms with Gasteiger partial charge in [0, 0.05) is 12.0 Å². The summed E-state index contributed by atoms with van der Waals surface area (Å²) in [5.41, 5.74) is -0.245. The molecule has 4 heteroatoms. The summed E-state index contributed by atoms with van der Waals surface area (Å²) in [6.07, 6.45) is -2.09. The van der Waals surface area contributed by atoms with Gasteiger partial charge in [0.25, 0.3) is 11.8 Å². The minimum atomic E-state index is -3.55. The SMILES string of the molecule is FC1(F)Cc2cc3cc4cc5cc6cc7cc8ccccc8cc7cc6cc5cc4cc3cc2C(F)(F)C1. The van der Waals surface area contributed by atoms with Crippen LogP contribution in [0, 0.1) is 0 Å². The highest BCUT2D eigenvalue weighted by Gasteiger charge is 2.50. The Balaban J connectivity index is 1.34. The van der Waals surface area contributed by atoms with E-state index < -0.39 is 24.7 Å². The molecule has 7 aromatic carbocycles. The minimum absolute atomic E-state index is 0.0317. The van der Waals surface area contributed by atoms with E-state index in [2.05, 4.69) is 60.7 Å². The summed E-state index contributed by atoms with van der Waals surface area (Å²) in [5, 5.41) is 12.4. The molecule has 0 N–H and O–H groups in total. The van der Waals surface area contributed by atoms with Crippen molar-refractivity contribution in [3.63, 3.8) is 0 Å². The average molecular weight is 505 g/mol. The second kappa shape index (κ2) is 7.22. The topological polar surface area (TPSA) is 0 Å². The van der Waals surface area contributed by atoms with Crippen LogP contribution in [0.25, 0.3) is 64.6 Å². The zero-order valence-corrected chi connectivity index (χ0v) is 20.2. The van der Waals surface area contributed by atoms with Crippen molar-refractivity contribution in [3.05, 3.63) is 108 Å². The number of halogens is 4. The van der Waals surface area contributed by atoms with Crippen molar-refractivity contribution in [2.24, 2.45) is 0 Å². The maximum atomic E-state index is 14.6. The van der Waals surface area contributed by atoms with Gasteiger partial charge in [-0.15, -0.1) is 0 Å². The van der Waals surface area contributed by atoms with E-state index >= 15 is 0 Å². The van der Waals surface area contributed by atoms with Crippen molar-refractivity contribution in [2.45, 2.75) is 24.7 Å². The van der Waals surface area contributed by atoms with Gasteiger partial charge in [-0.05, 0) is 137 Å². The van der Waals surface area contributed by atoms with E-state index in [4.69, 9.17) is 0 Å². The van der Waals surface area contributed by atoms with E-state index in [1.54, 1.807) is 0 Å². The van der Waals surface area contributed by atoms with Crippen LogP contribution in [0.4, 0.5) is 17.6 Å². The molecule has 38 heavy (non-hydrogen) atoms. The molecule has 0 atom stereocenters. The van der Waals surface area contributed by atoms with Gasteiger partial charge in [-0.3, -0.25) is 0 Å². The van der Waals surface area contributed by atoms with Crippen molar-refractivity contribution < 1.29 is 17.6 Å². The van der Waals surface area contributed by atoms with Gasteiger partial charge in [0.2, 0.25) is 0 Å². The molecule has 0 spiro atoms. The maximum Gasteiger partial charge on any atom is 0.279 e. The van der Waals surface area contributed by atoms with Crippen molar-refractivity contribution in [1.82, 2.24) is 0 Å². The first kappa shape index (κ1) is 21.9. The van der Waals surface area contributed by atoms with Crippen LogP contribution in [0.5, 0.6) is 0 Å². The van der Waals surface area contributed by atoms with Crippen LogP contribution >= 0.6 is 0 Å². The summed E-state index contributed by atoms with van der Waals surface area (Å²) in [7, 11) is 0. The smallest absolute Gasteiger partial charge is 0.206 e. The first-order chi connectivity index (χ1) is 18.2. The number of benzene rings is 7. The Morgan fingerprint density at radius 3 is 1.18 bits per heavy atom. The molecular weight excluding hydrogens is 484 g/mol. The second-order valence-corrected chi connectivity index (χ2v) is 10.8. The highest BCUT2D eigenvalue weighted by Crippen LogP contribution is 2.48. The molecule has 0 aliphatic heterocycles. The second-order valence-electron chi connectivity index (χ2n) is 10.8. The van der Waals surface area contributed by atoms with E-state index in [1.807, 2.05) is 24.3 Å². The Morgan fingerprint density at radius 1 is 0.421 bits per heavy atom. The van der Waals surface area contributed by atoms with E-state index in [1.165, 1.54) is 33.7 Å². The number of fused-ring (bicyclic) bond motifs is 7. The van der Waals surface area contributed by atoms with Gasteiger partial charge in [-0.25, -0.2) is 17.6 Å². The van der Waals surface area contributed by atoms with Crippen LogP contribution in [-0.4, -0.2) is 5.92 Å². The fraction of sp³-hybridized carbons (Fsp3) is 0.118. The molecule has 184 valence electrons. The largest absolute Gasteiger partial charge is 0.279 e. The van der Waals surface area contributed by atoms with Gasteiger partial charge < -0.3 is 0 Å². The monoisotopic (exact) mass is 504 g/mol. The van der Waals surface area contributed by atoms with Crippen LogP contribution in [0.15, 0.2) is 97.1 Å². The minimum Gasteiger partial charge on any atom is -0.206 e. The molecule has 0 heterocycles. The molecule has 1 aliphatic rings. The number of alkyl halides is 4. The summed E-state index contributed by atoms with van der Waals surface area (Å²) in [6, 6.07) is 32.5. The normalized spacial score (nSPS) is 16.6. The molecule has 7 aromatic rings. The Morgan fingerprint density at radius 2 is 0.763 bits per heavy atom. The highest BCUT2D eigenvalue weighted by atomic mass is 19.3. The van der Waals surface area contributed by atoms with Crippen molar-refractivity contribution in [2.75, 3.05) is 0 Å². The number of hydrogen-bond acceptors (Lipinski definition) is 0. The first-order valence-electron chi connectivity index (χ1n) is 12.7. The Kier molecular flexibility index (Phi) is 4.16. The lowest BCUT2D eigenvalue weighted by molar-refractivity contribution is -0.126. The third-order valence-electron chi connectivity index (χ3n) is 8.07. The Hall–Kier alpha value is -4.18. The first-order valence-corrected chi connectivity index (χ1v) is 12.7. The lowest BCUT2D eigenvalue weighted by Gasteiger charge is -2.31. The molecule has 0 unspecified atom stereocenters. The number of hydrogen-bond donors (Lipinski definition) is 0.